The van der Waals surface area contributed by atoms with Gasteiger partial charge in [-0.1, -0.05) is 0 Å². The van der Waals surface area contributed by atoms with E-state index in [4.69, 9.17) is 10.5 Å². The van der Waals surface area contributed by atoms with Crippen LogP contribution in [0.2, 0.25) is 0 Å². The van der Waals surface area contributed by atoms with Crippen molar-refractivity contribution in [2.24, 2.45) is 11.7 Å². The maximum Gasteiger partial charge on any atom is 0.310 e. The number of hydrogen-bond acceptors (Lipinski definition) is 4. The molecule has 1 aliphatic heterocycles. The SMILES string of the molecule is CCOC(=O)C1CCCN(C(C)CN)C1. The molecule has 88 valence electrons. The second kappa shape index (κ2) is 6.08. The Bertz CT molecular complexity index is 209. The van der Waals surface area contributed by atoms with E-state index in [1.807, 2.05) is 6.92 Å². The third-order valence-corrected chi connectivity index (χ3v) is 3.04. The summed E-state index contributed by atoms with van der Waals surface area (Å²) in [6, 6.07) is 0.363. The Morgan fingerprint density at radius 1 is 1.67 bits per heavy atom. The number of esters is 1. The van der Waals surface area contributed by atoms with Crippen molar-refractivity contribution in [1.82, 2.24) is 4.90 Å². The lowest BCUT2D eigenvalue weighted by molar-refractivity contribution is -0.150. The molecule has 2 unspecified atom stereocenters. The zero-order chi connectivity index (χ0) is 11.3. The molecule has 0 amide bonds. The normalized spacial score (nSPS) is 24.9. The zero-order valence-corrected chi connectivity index (χ0v) is 9.74. The summed E-state index contributed by atoms with van der Waals surface area (Å²) in [5, 5.41) is 0. The molecular formula is C11H22N2O2. The van der Waals surface area contributed by atoms with E-state index in [0.29, 0.717) is 19.2 Å². The van der Waals surface area contributed by atoms with E-state index in [2.05, 4.69) is 11.8 Å². The fourth-order valence-electron chi connectivity index (χ4n) is 2.01. The molecule has 0 aromatic rings. The van der Waals surface area contributed by atoms with Gasteiger partial charge in [-0.25, -0.2) is 0 Å². The van der Waals surface area contributed by atoms with Crippen molar-refractivity contribution in [2.75, 3.05) is 26.2 Å². The maximum atomic E-state index is 11.6. The minimum Gasteiger partial charge on any atom is -0.466 e. The Balaban J connectivity index is 2.44. The number of likely N-dealkylation sites (tertiary alicyclic amines) is 1. The Kier molecular flexibility index (Phi) is 5.05. The van der Waals surface area contributed by atoms with Crippen molar-refractivity contribution in [3.8, 4) is 0 Å². The first-order chi connectivity index (χ1) is 7.19. The van der Waals surface area contributed by atoms with Crippen molar-refractivity contribution >= 4 is 5.97 Å². The molecule has 0 aliphatic carbocycles. The number of nitrogens with two attached hydrogens (primary N) is 1. The molecule has 0 saturated carbocycles. The molecule has 2 N–H and O–H groups in total. The van der Waals surface area contributed by atoms with Crippen LogP contribution in [0, 0.1) is 5.92 Å². The van der Waals surface area contributed by atoms with Gasteiger partial charge in [0.05, 0.1) is 12.5 Å². The van der Waals surface area contributed by atoms with Crippen LogP contribution in [0.4, 0.5) is 0 Å². The van der Waals surface area contributed by atoms with E-state index in [-0.39, 0.29) is 11.9 Å². The number of ether oxygens (including phenoxy) is 1. The molecule has 0 aromatic heterocycles. The quantitative estimate of drug-likeness (QED) is 0.697. The zero-order valence-electron chi connectivity index (χ0n) is 9.74. The fraction of sp³-hybridized carbons (Fsp3) is 0.909. The molecule has 15 heavy (non-hydrogen) atoms. The van der Waals surface area contributed by atoms with E-state index < -0.39 is 0 Å². The predicted molar refractivity (Wildman–Crippen MR) is 59.4 cm³/mol. The lowest BCUT2D eigenvalue weighted by Crippen LogP contribution is -2.46. The molecule has 0 bridgehead atoms. The average molecular weight is 214 g/mol. The number of rotatable bonds is 4. The van der Waals surface area contributed by atoms with Gasteiger partial charge in [0, 0.05) is 19.1 Å². The lowest BCUT2D eigenvalue weighted by Gasteiger charge is -2.35. The van der Waals surface area contributed by atoms with E-state index in [9.17, 15) is 4.79 Å². The molecule has 1 rings (SSSR count). The van der Waals surface area contributed by atoms with Crippen molar-refractivity contribution in [3.05, 3.63) is 0 Å². The standard InChI is InChI=1S/C11H22N2O2/c1-3-15-11(14)10-5-4-6-13(8-10)9(2)7-12/h9-10H,3-8,12H2,1-2H3. The second-order valence-corrected chi connectivity index (χ2v) is 4.17. The van der Waals surface area contributed by atoms with E-state index in [1.165, 1.54) is 0 Å². The summed E-state index contributed by atoms with van der Waals surface area (Å²) in [4.78, 5) is 13.9. The van der Waals surface area contributed by atoms with Crippen LogP contribution < -0.4 is 5.73 Å². The molecule has 4 nitrogen and oxygen atoms in total. The highest BCUT2D eigenvalue weighted by Gasteiger charge is 2.28. The van der Waals surface area contributed by atoms with Gasteiger partial charge in [0.25, 0.3) is 0 Å². The highest BCUT2D eigenvalue weighted by molar-refractivity contribution is 5.72. The van der Waals surface area contributed by atoms with Gasteiger partial charge in [0.2, 0.25) is 0 Å². The van der Waals surface area contributed by atoms with Crippen LogP contribution in [0.5, 0.6) is 0 Å². The molecule has 0 spiro atoms. The Labute approximate surface area is 91.8 Å². The van der Waals surface area contributed by atoms with Crippen LogP contribution in [-0.4, -0.2) is 43.2 Å². The van der Waals surface area contributed by atoms with Gasteiger partial charge in [-0.2, -0.15) is 0 Å². The van der Waals surface area contributed by atoms with Crippen molar-refractivity contribution in [2.45, 2.75) is 32.7 Å². The number of nitrogens with zero attached hydrogens (tertiary/aromatic N) is 1. The van der Waals surface area contributed by atoms with E-state index in [1.54, 1.807) is 0 Å². The summed E-state index contributed by atoms with van der Waals surface area (Å²) in [6.45, 7) is 6.93. The molecule has 2 atom stereocenters. The van der Waals surface area contributed by atoms with Crippen LogP contribution >= 0.6 is 0 Å². The average Bonchev–Trinajstić information content (AvgIpc) is 2.28. The Morgan fingerprint density at radius 3 is 3.00 bits per heavy atom. The summed E-state index contributed by atoms with van der Waals surface area (Å²) in [5.41, 5.74) is 5.63. The third kappa shape index (κ3) is 3.47. The largest absolute Gasteiger partial charge is 0.466 e. The molecule has 1 fully saturated rings. The van der Waals surface area contributed by atoms with E-state index >= 15 is 0 Å². The van der Waals surface area contributed by atoms with Crippen LogP contribution in [0.15, 0.2) is 0 Å². The van der Waals surface area contributed by atoms with Gasteiger partial charge in [-0.05, 0) is 33.2 Å². The Morgan fingerprint density at radius 2 is 2.40 bits per heavy atom. The first kappa shape index (κ1) is 12.5. The number of carbonyl (C=O) groups is 1. The van der Waals surface area contributed by atoms with Crippen LogP contribution in [0.3, 0.4) is 0 Å². The minimum atomic E-state index is -0.0496. The lowest BCUT2D eigenvalue weighted by atomic mass is 9.97. The summed E-state index contributed by atoms with van der Waals surface area (Å²) in [5.74, 6) is -0.000813. The van der Waals surface area contributed by atoms with Gasteiger partial charge in [-0.3, -0.25) is 9.69 Å². The van der Waals surface area contributed by atoms with Crippen LogP contribution in [0.25, 0.3) is 0 Å². The topological polar surface area (TPSA) is 55.6 Å². The fourth-order valence-corrected chi connectivity index (χ4v) is 2.01. The maximum absolute atomic E-state index is 11.6. The molecule has 1 saturated heterocycles. The molecular weight excluding hydrogens is 192 g/mol. The highest BCUT2D eigenvalue weighted by Crippen LogP contribution is 2.19. The smallest absolute Gasteiger partial charge is 0.310 e. The molecule has 1 aliphatic rings. The number of piperidine rings is 1. The van der Waals surface area contributed by atoms with E-state index in [0.717, 1.165) is 25.9 Å². The first-order valence-corrected chi connectivity index (χ1v) is 5.79. The predicted octanol–water partition coefficient (Wildman–Crippen LogP) is 0.609. The Hall–Kier alpha value is -0.610. The van der Waals surface area contributed by atoms with Gasteiger partial charge >= 0.3 is 5.97 Å². The van der Waals surface area contributed by atoms with Crippen molar-refractivity contribution in [3.63, 3.8) is 0 Å². The first-order valence-electron chi connectivity index (χ1n) is 5.79. The summed E-state index contributed by atoms with van der Waals surface area (Å²) >= 11 is 0. The molecule has 1 heterocycles. The van der Waals surface area contributed by atoms with Crippen molar-refractivity contribution in [1.29, 1.82) is 0 Å². The van der Waals surface area contributed by atoms with Crippen LogP contribution in [-0.2, 0) is 9.53 Å². The third-order valence-electron chi connectivity index (χ3n) is 3.04. The van der Waals surface area contributed by atoms with Gasteiger partial charge in [0.1, 0.15) is 0 Å². The summed E-state index contributed by atoms with van der Waals surface area (Å²) < 4.78 is 5.05. The highest BCUT2D eigenvalue weighted by atomic mass is 16.5. The number of hydrogen-bond donors (Lipinski definition) is 1. The van der Waals surface area contributed by atoms with Gasteiger partial charge in [0.15, 0.2) is 0 Å². The molecule has 4 heteroatoms. The second-order valence-electron chi connectivity index (χ2n) is 4.17. The minimum absolute atomic E-state index is 0.0488. The summed E-state index contributed by atoms with van der Waals surface area (Å²) in [7, 11) is 0. The molecule has 0 radical (unpaired) electrons. The van der Waals surface area contributed by atoms with Crippen molar-refractivity contribution < 1.29 is 9.53 Å². The monoisotopic (exact) mass is 214 g/mol. The van der Waals surface area contributed by atoms with Gasteiger partial charge < -0.3 is 10.5 Å². The van der Waals surface area contributed by atoms with Crippen LogP contribution in [0.1, 0.15) is 26.7 Å². The van der Waals surface area contributed by atoms with Gasteiger partial charge in [-0.15, -0.1) is 0 Å². The molecule has 0 aromatic carbocycles. The summed E-state index contributed by atoms with van der Waals surface area (Å²) in [6.07, 6.45) is 2.01. The number of carbonyl (C=O) groups excluding carboxylic acids is 1.